The minimum atomic E-state index is -3.80. The lowest BCUT2D eigenvalue weighted by Gasteiger charge is -2.22. The fourth-order valence-corrected chi connectivity index (χ4v) is 2.66. The molecule has 0 radical (unpaired) electrons. The summed E-state index contributed by atoms with van der Waals surface area (Å²) in [5.41, 5.74) is 0.271. The average Bonchev–Trinajstić information content (AvgIpc) is 2.50. The molecule has 1 aromatic carbocycles. The van der Waals surface area contributed by atoms with Gasteiger partial charge in [0.25, 0.3) is 5.91 Å². The Balaban J connectivity index is 2.91. The van der Waals surface area contributed by atoms with Gasteiger partial charge in [0.1, 0.15) is 11.8 Å². The monoisotopic (exact) mass is 340 g/mol. The number of amides is 1. The maximum absolute atomic E-state index is 12.2. The Morgan fingerprint density at radius 3 is 2.57 bits per heavy atom. The highest BCUT2D eigenvalue weighted by Gasteiger charge is 2.28. The zero-order valence-electron chi connectivity index (χ0n) is 13.3. The summed E-state index contributed by atoms with van der Waals surface area (Å²) in [6.45, 7) is 3.43. The first kappa shape index (κ1) is 18.9. The molecule has 0 aliphatic heterocycles. The number of methoxy groups -OCH3 is 1. The molecule has 0 bridgehead atoms. The highest BCUT2D eigenvalue weighted by atomic mass is 32.2. The van der Waals surface area contributed by atoms with Crippen molar-refractivity contribution < 1.29 is 22.7 Å². The topological polar surface area (TPSA) is 105 Å². The molecule has 0 saturated carbocycles. The maximum Gasteiger partial charge on any atom is 0.274 e. The lowest BCUT2D eigenvalue weighted by Crippen LogP contribution is -2.45. The van der Waals surface area contributed by atoms with Crippen LogP contribution in [0.25, 0.3) is 0 Å². The second kappa shape index (κ2) is 8.50. The molecule has 0 aliphatic rings. The lowest BCUT2D eigenvalue weighted by molar-refractivity contribution is -0.127. The summed E-state index contributed by atoms with van der Waals surface area (Å²) in [6, 6.07) is 8.41. The molecule has 126 valence electrons. The van der Waals surface area contributed by atoms with E-state index in [-0.39, 0.29) is 29.6 Å². The summed E-state index contributed by atoms with van der Waals surface area (Å²) in [7, 11) is -2.43. The Kier molecular flexibility index (Phi) is 7.00. The van der Waals surface area contributed by atoms with Crippen LogP contribution in [-0.2, 0) is 19.6 Å². The van der Waals surface area contributed by atoms with Crippen molar-refractivity contribution in [2.24, 2.45) is 5.92 Å². The first-order chi connectivity index (χ1) is 10.8. The molecule has 0 unspecified atom stereocenters. The van der Waals surface area contributed by atoms with E-state index >= 15 is 0 Å². The van der Waals surface area contributed by atoms with Crippen LogP contribution in [0.5, 0.6) is 5.75 Å². The minimum Gasteiger partial charge on any atom is -0.479 e. The molecule has 0 saturated heterocycles. The first-order valence-corrected chi connectivity index (χ1v) is 8.65. The van der Waals surface area contributed by atoms with Crippen molar-refractivity contribution in [3.8, 4) is 11.8 Å². The fraction of sp³-hybridized carbons (Fsp3) is 0.467. The number of hydrogen-bond donors (Lipinski definition) is 1. The third-order valence-corrected chi connectivity index (χ3v) is 4.15. The number of nitriles is 1. The van der Waals surface area contributed by atoms with E-state index in [9.17, 15) is 13.2 Å². The van der Waals surface area contributed by atoms with Crippen molar-refractivity contribution in [2.75, 3.05) is 19.5 Å². The molecule has 0 heterocycles. The van der Waals surface area contributed by atoms with E-state index < -0.39 is 22.0 Å². The second-order valence-corrected chi connectivity index (χ2v) is 7.01. The van der Waals surface area contributed by atoms with E-state index in [0.717, 1.165) is 0 Å². The summed E-state index contributed by atoms with van der Waals surface area (Å²) < 4.78 is 35.8. The van der Waals surface area contributed by atoms with E-state index in [0.29, 0.717) is 0 Å². The van der Waals surface area contributed by atoms with Crippen LogP contribution >= 0.6 is 0 Å². The number of rotatable bonds is 8. The molecule has 7 nitrogen and oxygen atoms in total. The number of nitrogens with one attached hydrogen (secondary N) is 1. The molecule has 1 atom stereocenters. The zero-order valence-corrected chi connectivity index (χ0v) is 14.1. The van der Waals surface area contributed by atoms with Crippen molar-refractivity contribution in [3.63, 3.8) is 0 Å². The quantitative estimate of drug-likeness (QED) is 0.758. The van der Waals surface area contributed by atoms with Crippen molar-refractivity contribution >= 4 is 15.9 Å². The van der Waals surface area contributed by atoms with Gasteiger partial charge in [0.2, 0.25) is 10.0 Å². The van der Waals surface area contributed by atoms with Crippen molar-refractivity contribution in [1.29, 1.82) is 5.26 Å². The van der Waals surface area contributed by atoms with E-state index in [1.165, 1.54) is 7.11 Å². The van der Waals surface area contributed by atoms with Gasteiger partial charge in [-0.25, -0.2) is 13.1 Å². The van der Waals surface area contributed by atoms with E-state index in [2.05, 4.69) is 0 Å². The number of ether oxygens (including phenoxy) is 2. The summed E-state index contributed by atoms with van der Waals surface area (Å²) in [5, 5.41) is 9.05. The Bertz CT molecular complexity index is 679. The van der Waals surface area contributed by atoms with Gasteiger partial charge in [0.15, 0.2) is 6.10 Å². The van der Waals surface area contributed by atoms with Gasteiger partial charge in [-0.15, -0.1) is 0 Å². The summed E-state index contributed by atoms with van der Waals surface area (Å²) in [4.78, 5) is 12.2. The molecular formula is C15H20N2O5S. The standard InChI is InChI=1S/C15H20N2O5S/c1-11(2)14(15(18)17-23(19,20)9-8-21-3)22-13-7-5-4-6-12(13)10-16/h4-7,11,14H,8-9H2,1-3H3,(H,17,18)/t14-/m1/s1. The number of hydrogen-bond acceptors (Lipinski definition) is 6. The Morgan fingerprint density at radius 2 is 2.00 bits per heavy atom. The van der Waals surface area contributed by atoms with Crippen molar-refractivity contribution in [2.45, 2.75) is 20.0 Å². The molecule has 1 rings (SSSR count). The molecule has 1 amide bonds. The van der Waals surface area contributed by atoms with Crippen molar-refractivity contribution in [3.05, 3.63) is 29.8 Å². The smallest absolute Gasteiger partial charge is 0.274 e. The average molecular weight is 340 g/mol. The number of benzene rings is 1. The van der Waals surface area contributed by atoms with E-state index in [1.807, 2.05) is 10.8 Å². The van der Waals surface area contributed by atoms with Gasteiger partial charge in [0.05, 0.1) is 17.9 Å². The number of nitrogens with zero attached hydrogens (tertiary/aromatic N) is 1. The minimum absolute atomic E-state index is 0.0208. The van der Waals surface area contributed by atoms with Gasteiger partial charge < -0.3 is 9.47 Å². The van der Waals surface area contributed by atoms with Crippen LogP contribution in [0, 0.1) is 17.2 Å². The molecule has 0 aliphatic carbocycles. The van der Waals surface area contributed by atoms with Crippen LogP contribution in [-0.4, -0.2) is 39.9 Å². The van der Waals surface area contributed by atoms with Crippen LogP contribution in [0.2, 0.25) is 0 Å². The predicted octanol–water partition coefficient (Wildman–Crippen LogP) is 1.05. The normalized spacial score (nSPS) is 12.5. The fourth-order valence-electron chi connectivity index (χ4n) is 1.75. The van der Waals surface area contributed by atoms with E-state index in [4.69, 9.17) is 14.7 Å². The molecule has 0 fully saturated rings. The molecule has 0 aromatic heterocycles. The zero-order chi connectivity index (χ0) is 17.5. The predicted molar refractivity (Wildman–Crippen MR) is 84.2 cm³/mol. The highest BCUT2D eigenvalue weighted by molar-refractivity contribution is 7.90. The number of carbonyl (C=O) groups is 1. The van der Waals surface area contributed by atoms with Crippen LogP contribution in [0.1, 0.15) is 19.4 Å². The van der Waals surface area contributed by atoms with Gasteiger partial charge >= 0.3 is 0 Å². The number of carbonyl (C=O) groups excluding carboxylic acids is 1. The number of sulfonamides is 1. The molecule has 8 heteroatoms. The van der Waals surface area contributed by atoms with Gasteiger partial charge in [-0.1, -0.05) is 26.0 Å². The third-order valence-electron chi connectivity index (χ3n) is 2.94. The molecule has 1 N–H and O–H groups in total. The Morgan fingerprint density at radius 1 is 1.35 bits per heavy atom. The van der Waals surface area contributed by atoms with Gasteiger partial charge in [-0.05, 0) is 18.1 Å². The highest BCUT2D eigenvalue weighted by Crippen LogP contribution is 2.20. The van der Waals surface area contributed by atoms with Crippen LogP contribution in [0.15, 0.2) is 24.3 Å². The first-order valence-electron chi connectivity index (χ1n) is 6.99. The summed E-state index contributed by atoms with van der Waals surface area (Å²) in [6.07, 6.45) is -1.04. The lowest BCUT2D eigenvalue weighted by atomic mass is 10.1. The van der Waals surface area contributed by atoms with Crippen LogP contribution < -0.4 is 9.46 Å². The molecule has 1 aromatic rings. The van der Waals surface area contributed by atoms with E-state index in [1.54, 1.807) is 38.1 Å². The maximum atomic E-state index is 12.2. The summed E-state index contributed by atoms with van der Waals surface area (Å²) >= 11 is 0. The molecule has 23 heavy (non-hydrogen) atoms. The van der Waals surface area contributed by atoms with Crippen LogP contribution in [0.4, 0.5) is 0 Å². The van der Waals surface area contributed by atoms with Crippen molar-refractivity contribution in [1.82, 2.24) is 4.72 Å². The number of para-hydroxylation sites is 1. The SMILES string of the molecule is COCCS(=O)(=O)NC(=O)[C@H](Oc1ccccc1C#N)C(C)C. The molecule has 0 spiro atoms. The van der Waals surface area contributed by atoms with Gasteiger partial charge in [-0.3, -0.25) is 4.79 Å². The van der Waals surface area contributed by atoms with Gasteiger partial charge in [0, 0.05) is 7.11 Å². The second-order valence-electron chi connectivity index (χ2n) is 5.17. The Labute approximate surface area is 136 Å². The third kappa shape index (κ3) is 5.88. The van der Waals surface area contributed by atoms with Gasteiger partial charge in [-0.2, -0.15) is 5.26 Å². The Hall–Kier alpha value is -2.11. The summed E-state index contributed by atoms with van der Waals surface area (Å²) in [5.74, 6) is -1.16. The largest absolute Gasteiger partial charge is 0.479 e. The van der Waals surface area contributed by atoms with Crippen LogP contribution in [0.3, 0.4) is 0 Å². The molecular weight excluding hydrogens is 320 g/mol.